The number of hydrogen-bond donors (Lipinski definition) is 0. The summed E-state index contributed by atoms with van der Waals surface area (Å²) in [6.45, 7) is 4.64. The van der Waals surface area contributed by atoms with E-state index in [1.807, 2.05) is 36.9 Å². The number of carbonyl (C=O) groups is 2. The van der Waals surface area contributed by atoms with E-state index in [0.29, 0.717) is 12.3 Å². The van der Waals surface area contributed by atoms with Crippen LogP contribution in [0.5, 0.6) is 0 Å². The molecule has 7 heteroatoms. The molecule has 1 saturated heterocycles. The van der Waals surface area contributed by atoms with E-state index >= 15 is 0 Å². The lowest BCUT2D eigenvalue weighted by molar-refractivity contribution is -0.132. The molecule has 1 atom stereocenters. The van der Waals surface area contributed by atoms with Crippen LogP contribution in [0.3, 0.4) is 0 Å². The topological polar surface area (TPSA) is 66.7 Å². The molecule has 1 unspecified atom stereocenters. The summed E-state index contributed by atoms with van der Waals surface area (Å²) in [6.07, 6.45) is 1.80. The second kappa shape index (κ2) is 6.79. The summed E-state index contributed by atoms with van der Waals surface area (Å²) >= 11 is 1.54. The fourth-order valence-electron chi connectivity index (χ4n) is 3.63. The molecular formula is C19H21N3O3S. The SMILES string of the molecule is Cc1ccc2c(c1)SCC(=O)N2CC(=O)N1CCCC1c1cc(C)on1. The molecule has 2 aliphatic rings. The van der Waals surface area contributed by atoms with Gasteiger partial charge in [-0.1, -0.05) is 11.2 Å². The minimum absolute atomic E-state index is 0.0206. The summed E-state index contributed by atoms with van der Waals surface area (Å²) in [7, 11) is 0. The van der Waals surface area contributed by atoms with E-state index in [9.17, 15) is 9.59 Å². The molecule has 0 bridgehead atoms. The highest BCUT2D eigenvalue weighted by atomic mass is 32.2. The standard InChI is InChI=1S/C19H21N3O3S/c1-12-5-6-16-17(8-12)26-11-19(24)22(16)10-18(23)21-7-3-4-15(21)14-9-13(2)25-20-14/h5-6,8-9,15H,3-4,7,10-11H2,1-2H3. The molecular weight excluding hydrogens is 350 g/mol. The van der Waals surface area contributed by atoms with Gasteiger partial charge in [-0.25, -0.2) is 0 Å². The Labute approximate surface area is 156 Å². The van der Waals surface area contributed by atoms with Crippen LogP contribution in [0.15, 0.2) is 33.7 Å². The Bertz CT molecular complexity index is 863. The zero-order chi connectivity index (χ0) is 18.3. The van der Waals surface area contributed by atoms with E-state index in [2.05, 4.69) is 11.2 Å². The fourth-order valence-corrected chi connectivity index (χ4v) is 4.66. The van der Waals surface area contributed by atoms with Crippen molar-refractivity contribution in [2.45, 2.75) is 37.6 Å². The van der Waals surface area contributed by atoms with Gasteiger partial charge < -0.3 is 14.3 Å². The third-order valence-electron chi connectivity index (χ3n) is 4.91. The summed E-state index contributed by atoms with van der Waals surface area (Å²) in [4.78, 5) is 30.0. The summed E-state index contributed by atoms with van der Waals surface area (Å²) in [6, 6.07) is 7.81. The molecule has 0 aliphatic carbocycles. The average Bonchev–Trinajstić information content (AvgIpc) is 3.26. The van der Waals surface area contributed by atoms with E-state index in [1.54, 1.807) is 4.90 Å². The number of fused-ring (bicyclic) bond motifs is 1. The molecule has 2 aromatic rings. The van der Waals surface area contributed by atoms with Gasteiger partial charge in [-0.2, -0.15) is 0 Å². The van der Waals surface area contributed by atoms with E-state index in [-0.39, 0.29) is 24.4 Å². The lowest BCUT2D eigenvalue weighted by Crippen LogP contribution is -2.44. The zero-order valence-corrected chi connectivity index (χ0v) is 15.7. The second-order valence-corrected chi connectivity index (χ2v) is 7.86. The number of hydrogen-bond acceptors (Lipinski definition) is 5. The Morgan fingerprint density at radius 1 is 1.35 bits per heavy atom. The average molecular weight is 371 g/mol. The number of thioether (sulfide) groups is 1. The molecule has 1 aromatic carbocycles. The van der Waals surface area contributed by atoms with Crippen molar-refractivity contribution in [3.8, 4) is 0 Å². The Balaban J connectivity index is 1.55. The molecule has 0 radical (unpaired) electrons. The van der Waals surface area contributed by atoms with Gasteiger partial charge in [0.2, 0.25) is 11.8 Å². The fraction of sp³-hybridized carbons (Fsp3) is 0.421. The molecule has 3 heterocycles. The van der Waals surface area contributed by atoms with Crippen molar-refractivity contribution >= 4 is 29.3 Å². The molecule has 0 spiro atoms. The van der Waals surface area contributed by atoms with Crippen molar-refractivity contribution in [3.05, 3.63) is 41.3 Å². The maximum atomic E-state index is 13.0. The summed E-state index contributed by atoms with van der Waals surface area (Å²) < 4.78 is 5.17. The first-order valence-corrected chi connectivity index (χ1v) is 9.78. The van der Waals surface area contributed by atoms with Crippen molar-refractivity contribution in [3.63, 3.8) is 0 Å². The van der Waals surface area contributed by atoms with Gasteiger partial charge in [0.05, 0.1) is 17.5 Å². The molecule has 1 fully saturated rings. The minimum atomic E-state index is -0.0632. The lowest BCUT2D eigenvalue weighted by Gasteiger charge is -2.31. The van der Waals surface area contributed by atoms with Crippen LogP contribution in [-0.2, 0) is 9.59 Å². The molecule has 26 heavy (non-hydrogen) atoms. The molecule has 0 saturated carbocycles. The minimum Gasteiger partial charge on any atom is -0.361 e. The first-order chi connectivity index (χ1) is 12.5. The van der Waals surface area contributed by atoms with Crippen LogP contribution in [0.25, 0.3) is 0 Å². The molecule has 1 aromatic heterocycles. The molecule has 136 valence electrons. The van der Waals surface area contributed by atoms with Gasteiger partial charge in [0.25, 0.3) is 0 Å². The first-order valence-electron chi connectivity index (χ1n) is 8.79. The van der Waals surface area contributed by atoms with E-state index < -0.39 is 0 Å². The Morgan fingerprint density at radius 3 is 2.96 bits per heavy atom. The number of aromatic nitrogens is 1. The van der Waals surface area contributed by atoms with Crippen LogP contribution in [0.4, 0.5) is 5.69 Å². The highest BCUT2D eigenvalue weighted by molar-refractivity contribution is 8.00. The normalized spacial score (nSPS) is 19.8. The zero-order valence-electron chi connectivity index (χ0n) is 14.9. The monoisotopic (exact) mass is 371 g/mol. The third-order valence-corrected chi connectivity index (χ3v) is 5.94. The van der Waals surface area contributed by atoms with Crippen molar-refractivity contribution in [2.24, 2.45) is 0 Å². The molecule has 0 N–H and O–H groups in total. The first kappa shape index (κ1) is 17.1. The van der Waals surface area contributed by atoms with E-state index in [4.69, 9.17) is 4.52 Å². The van der Waals surface area contributed by atoms with E-state index in [0.717, 1.165) is 40.4 Å². The highest BCUT2D eigenvalue weighted by Crippen LogP contribution is 2.37. The van der Waals surface area contributed by atoms with Gasteiger partial charge in [0, 0.05) is 17.5 Å². The van der Waals surface area contributed by atoms with Crippen molar-refractivity contribution in [1.29, 1.82) is 0 Å². The van der Waals surface area contributed by atoms with Crippen LogP contribution < -0.4 is 4.90 Å². The maximum Gasteiger partial charge on any atom is 0.243 e. The second-order valence-electron chi connectivity index (χ2n) is 6.85. The number of carbonyl (C=O) groups excluding carboxylic acids is 2. The summed E-state index contributed by atoms with van der Waals surface area (Å²) in [5.74, 6) is 1.05. The summed E-state index contributed by atoms with van der Waals surface area (Å²) in [5, 5.41) is 4.09. The van der Waals surface area contributed by atoms with Crippen molar-refractivity contribution in [2.75, 3.05) is 23.7 Å². The number of amides is 2. The van der Waals surface area contributed by atoms with Crippen LogP contribution in [0.2, 0.25) is 0 Å². The van der Waals surface area contributed by atoms with Crippen LogP contribution >= 0.6 is 11.8 Å². The molecule has 6 nitrogen and oxygen atoms in total. The van der Waals surface area contributed by atoms with Crippen LogP contribution in [-0.4, -0.2) is 40.7 Å². The number of anilines is 1. The summed E-state index contributed by atoms with van der Waals surface area (Å²) in [5.41, 5.74) is 2.78. The number of likely N-dealkylation sites (tertiary alicyclic amines) is 1. The van der Waals surface area contributed by atoms with Gasteiger partial charge in [-0.15, -0.1) is 11.8 Å². The molecule has 2 amide bonds. The van der Waals surface area contributed by atoms with Gasteiger partial charge in [0.1, 0.15) is 18.0 Å². The maximum absolute atomic E-state index is 13.0. The number of rotatable bonds is 3. The largest absolute Gasteiger partial charge is 0.361 e. The highest BCUT2D eigenvalue weighted by Gasteiger charge is 2.35. The van der Waals surface area contributed by atoms with Crippen LogP contribution in [0.1, 0.15) is 35.9 Å². The Kier molecular flexibility index (Phi) is 4.48. The van der Waals surface area contributed by atoms with Crippen LogP contribution in [0, 0.1) is 13.8 Å². The number of aryl methyl sites for hydroxylation is 2. The van der Waals surface area contributed by atoms with Gasteiger partial charge in [-0.3, -0.25) is 9.59 Å². The van der Waals surface area contributed by atoms with Gasteiger partial charge in [0.15, 0.2) is 0 Å². The van der Waals surface area contributed by atoms with E-state index in [1.165, 1.54) is 11.8 Å². The third kappa shape index (κ3) is 3.11. The lowest BCUT2D eigenvalue weighted by atomic mass is 10.1. The van der Waals surface area contributed by atoms with Gasteiger partial charge >= 0.3 is 0 Å². The predicted molar refractivity (Wildman–Crippen MR) is 99.2 cm³/mol. The predicted octanol–water partition coefficient (Wildman–Crippen LogP) is 3.09. The smallest absolute Gasteiger partial charge is 0.243 e. The molecule has 4 rings (SSSR count). The Hall–Kier alpha value is -2.28. The van der Waals surface area contributed by atoms with Crippen molar-refractivity contribution < 1.29 is 14.1 Å². The Morgan fingerprint density at radius 2 is 2.19 bits per heavy atom. The number of nitrogens with zero attached hydrogens (tertiary/aromatic N) is 3. The van der Waals surface area contributed by atoms with Crippen molar-refractivity contribution in [1.82, 2.24) is 10.1 Å². The van der Waals surface area contributed by atoms with Gasteiger partial charge in [-0.05, 0) is 44.4 Å². The number of benzene rings is 1. The quantitative estimate of drug-likeness (QED) is 0.829. The molecule has 2 aliphatic heterocycles.